The molecule has 0 aliphatic carbocycles. The van der Waals surface area contributed by atoms with Gasteiger partial charge in [-0.1, -0.05) is 11.6 Å². The molecule has 1 rings (SSSR count). The number of ether oxygens (including phenoxy) is 1. The molecule has 0 bridgehead atoms. The second-order valence-electron chi connectivity index (χ2n) is 5.47. The molecule has 0 aromatic heterocycles. The molecule has 0 aliphatic heterocycles. The highest BCUT2D eigenvalue weighted by atomic mass is 16.5. The Balaban J connectivity index is 2.83. The predicted molar refractivity (Wildman–Crippen MR) is 80.7 cm³/mol. The van der Waals surface area contributed by atoms with Crippen LogP contribution in [0.2, 0.25) is 0 Å². The molecular formula is C16H23NO3. The van der Waals surface area contributed by atoms with Crippen molar-refractivity contribution in [1.29, 1.82) is 0 Å². The molecule has 1 atom stereocenters. The number of nitrogens with one attached hydrogen (secondary N) is 1. The van der Waals surface area contributed by atoms with Gasteiger partial charge in [0, 0.05) is 11.6 Å². The fourth-order valence-electron chi connectivity index (χ4n) is 1.61. The summed E-state index contributed by atoms with van der Waals surface area (Å²) in [4.78, 5) is 11.9. The molecule has 0 radical (unpaired) electrons. The van der Waals surface area contributed by atoms with Crippen molar-refractivity contribution in [1.82, 2.24) is 5.32 Å². The molecule has 1 aromatic rings. The number of aryl methyl sites for hydroxylation is 1. The molecule has 1 aromatic carbocycles. The summed E-state index contributed by atoms with van der Waals surface area (Å²) in [6.45, 7) is 7.17. The van der Waals surface area contributed by atoms with E-state index in [1.54, 1.807) is 34.0 Å². The zero-order chi connectivity index (χ0) is 15.3. The first kappa shape index (κ1) is 16.2. The summed E-state index contributed by atoms with van der Waals surface area (Å²) in [5.41, 5.74) is 1.27. The lowest BCUT2D eigenvalue weighted by molar-refractivity contribution is -0.119. The molecular weight excluding hydrogens is 254 g/mol. The number of carbonyl (C=O) groups excluding carboxylic acids is 1. The third-order valence-corrected chi connectivity index (χ3v) is 3.29. The van der Waals surface area contributed by atoms with E-state index in [9.17, 15) is 9.90 Å². The maximum absolute atomic E-state index is 11.9. The Morgan fingerprint density at radius 2 is 2.10 bits per heavy atom. The number of benzene rings is 1. The van der Waals surface area contributed by atoms with Crippen LogP contribution < -0.4 is 10.1 Å². The van der Waals surface area contributed by atoms with Crippen molar-refractivity contribution >= 4 is 12.0 Å². The Kier molecular flexibility index (Phi) is 5.34. The minimum Gasteiger partial charge on any atom is -0.496 e. The highest BCUT2D eigenvalue weighted by molar-refractivity contribution is 5.92. The Labute approximate surface area is 120 Å². The first-order valence-corrected chi connectivity index (χ1v) is 6.59. The molecule has 0 heterocycles. The van der Waals surface area contributed by atoms with Crippen LogP contribution in [0.4, 0.5) is 0 Å². The van der Waals surface area contributed by atoms with Gasteiger partial charge in [0.1, 0.15) is 5.75 Å². The molecule has 4 heteroatoms. The molecule has 4 nitrogen and oxygen atoms in total. The standard InChI is InChI=1S/C16H23NO3/c1-11-6-8-14(20-5)13(10-11)7-9-15(19)17-16(3,4)12(2)18/h6-10,12,18H,1-5H3,(H,17,19)/b9-7+. The maximum atomic E-state index is 11.9. The van der Waals surface area contributed by atoms with Gasteiger partial charge in [-0.15, -0.1) is 0 Å². The van der Waals surface area contributed by atoms with E-state index in [0.717, 1.165) is 16.9 Å². The van der Waals surface area contributed by atoms with Gasteiger partial charge in [0.05, 0.1) is 18.8 Å². The highest BCUT2D eigenvalue weighted by Crippen LogP contribution is 2.21. The summed E-state index contributed by atoms with van der Waals surface area (Å²) < 4.78 is 5.25. The van der Waals surface area contributed by atoms with Gasteiger partial charge in [-0.3, -0.25) is 4.79 Å². The van der Waals surface area contributed by atoms with Crippen LogP contribution in [0.1, 0.15) is 31.9 Å². The molecule has 0 fully saturated rings. The van der Waals surface area contributed by atoms with Crippen molar-refractivity contribution in [2.24, 2.45) is 0 Å². The van der Waals surface area contributed by atoms with Crippen LogP contribution in [0.25, 0.3) is 6.08 Å². The van der Waals surface area contributed by atoms with Gasteiger partial charge in [-0.25, -0.2) is 0 Å². The second-order valence-corrected chi connectivity index (χ2v) is 5.47. The summed E-state index contributed by atoms with van der Waals surface area (Å²) in [7, 11) is 1.60. The van der Waals surface area contributed by atoms with Gasteiger partial charge < -0.3 is 15.2 Å². The van der Waals surface area contributed by atoms with Crippen LogP contribution in [0.5, 0.6) is 5.75 Å². The minimum atomic E-state index is -0.669. The van der Waals surface area contributed by atoms with E-state index < -0.39 is 11.6 Å². The van der Waals surface area contributed by atoms with Crippen molar-refractivity contribution in [2.45, 2.75) is 39.3 Å². The number of hydrogen-bond donors (Lipinski definition) is 2. The largest absolute Gasteiger partial charge is 0.496 e. The van der Waals surface area contributed by atoms with Crippen LogP contribution in [0, 0.1) is 6.92 Å². The highest BCUT2D eigenvalue weighted by Gasteiger charge is 2.24. The zero-order valence-electron chi connectivity index (χ0n) is 12.7. The lowest BCUT2D eigenvalue weighted by Gasteiger charge is -2.28. The van der Waals surface area contributed by atoms with E-state index >= 15 is 0 Å². The number of rotatable bonds is 5. The lowest BCUT2D eigenvalue weighted by atomic mass is 9.99. The average molecular weight is 277 g/mol. The normalized spacial score (nSPS) is 13.3. The number of methoxy groups -OCH3 is 1. The zero-order valence-corrected chi connectivity index (χ0v) is 12.7. The number of hydrogen-bond acceptors (Lipinski definition) is 3. The number of aliphatic hydroxyl groups excluding tert-OH is 1. The molecule has 0 spiro atoms. The van der Waals surface area contributed by atoms with Gasteiger partial charge in [-0.05, 0) is 45.9 Å². The minimum absolute atomic E-state index is 0.251. The van der Waals surface area contributed by atoms with Crippen LogP contribution in [0.15, 0.2) is 24.3 Å². The van der Waals surface area contributed by atoms with Gasteiger partial charge in [0.25, 0.3) is 0 Å². The van der Waals surface area contributed by atoms with E-state index in [1.165, 1.54) is 6.08 Å². The monoisotopic (exact) mass is 277 g/mol. The van der Waals surface area contributed by atoms with Gasteiger partial charge in [0.15, 0.2) is 0 Å². The quantitative estimate of drug-likeness (QED) is 0.812. The Morgan fingerprint density at radius 3 is 2.65 bits per heavy atom. The van der Waals surface area contributed by atoms with Crippen molar-refractivity contribution in [3.05, 3.63) is 35.4 Å². The number of amides is 1. The molecule has 0 saturated carbocycles. The Hall–Kier alpha value is -1.81. The first-order valence-electron chi connectivity index (χ1n) is 6.59. The van der Waals surface area contributed by atoms with Crippen LogP contribution in [0.3, 0.4) is 0 Å². The van der Waals surface area contributed by atoms with E-state index in [1.807, 2.05) is 25.1 Å². The summed E-state index contributed by atoms with van der Waals surface area (Å²) in [6.07, 6.45) is 2.52. The molecule has 0 saturated heterocycles. The predicted octanol–water partition coefficient (Wildman–Crippen LogP) is 2.29. The van der Waals surface area contributed by atoms with E-state index in [-0.39, 0.29) is 5.91 Å². The summed E-state index contributed by atoms with van der Waals surface area (Å²) in [5, 5.41) is 12.3. The van der Waals surface area contributed by atoms with Crippen LogP contribution in [-0.2, 0) is 4.79 Å². The Morgan fingerprint density at radius 1 is 1.45 bits per heavy atom. The van der Waals surface area contributed by atoms with Crippen molar-refractivity contribution in [3.8, 4) is 5.75 Å². The van der Waals surface area contributed by atoms with Gasteiger partial charge in [0.2, 0.25) is 5.91 Å². The summed E-state index contributed by atoms with van der Waals surface area (Å²) in [6, 6.07) is 5.77. The topological polar surface area (TPSA) is 58.6 Å². The van der Waals surface area contributed by atoms with Crippen LogP contribution in [-0.4, -0.2) is 29.8 Å². The maximum Gasteiger partial charge on any atom is 0.244 e. The molecule has 0 aliphatic rings. The fraction of sp³-hybridized carbons (Fsp3) is 0.438. The Bertz CT molecular complexity index is 504. The van der Waals surface area contributed by atoms with E-state index in [2.05, 4.69) is 5.32 Å². The van der Waals surface area contributed by atoms with E-state index in [0.29, 0.717) is 0 Å². The van der Waals surface area contributed by atoms with Crippen LogP contribution >= 0.6 is 0 Å². The first-order chi connectivity index (χ1) is 9.26. The molecule has 110 valence electrons. The van der Waals surface area contributed by atoms with E-state index in [4.69, 9.17) is 4.74 Å². The third-order valence-electron chi connectivity index (χ3n) is 3.29. The second kappa shape index (κ2) is 6.57. The van der Waals surface area contributed by atoms with Gasteiger partial charge >= 0.3 is 0 Å². The van der Waals surface area contributed by atoms with Gasteiger partial charge in [-0.2, -0.15) is 0 Å². The van der Waals surface area contributed by atoms with Crippen molar-refractivity contribution in [2.75, 3.05) is 7.11 Å². The fourth-order valence-corrected chi connectivity index (χ4v) is 1.61. The molecule has 2 N–H and O–H groups in total. The molecule has 20 heavy (non-hydrogen) atoms. The molecule has 1 unspecified atom stereocenters. The third kappa shape index (κ3) is 4.38. The lowest BCUT2D eigenvalue weighted by Crippen LogP contribution is -2.50. The number of aliphatic hydroxyl groups is 1. The van der Waals surface area contributed by atoms with Crippen molar-refractivity contribution in [3.63, 3.8) is 0 Å². The summed E-state index contributed by atoms with van der Waals surface area (Å²) in [5.74, 6) is 0.467. The average Bonchev–Trinajstić information content (AvgIpc) is 2.35. The summed E-state index contributed by atoms with van der Waals surface area (Å²) >= 11 is 0. The van der Waals surface area contributed by atoms with Crippen molar-refractivity contribution < 1.29 is 14.6 Å². The smallest absolute Gasteiger partial charge is 0.244 e. The number of carbonyl (C=O) groups is 1. The SMILES string of the molecule is COc1ccc(C)cc1/C=C/C(=O)NC(C)(C)C(C)O. The molecule has 1 amide bonds.